The Labute approximate surface area is 101 Å². The molecule has 4 heteroatoms. The molecule has 1 aromatic rings. The van der Waals surface area contributed by atoms with Crippen LogP contribution in [0.2, 0.25) is 0 Å². The molecule has 2 rings (SSSR count). The number of rotatable bonds is 6. The lowest BCUT2D eigenvalue weighted by atomic mass is 10.0. The van der Waals surface area contributed by atoms with E-state index < -0.39 is 0 Å². The number of nitrogens with two attached hydrogens (primary N) is 1. The third kappa shape index (κ3) is 3.09. The van der Waals surface area contributed by atoms with E-state index in [-0.39, 0.29) is 5.82 Å². The lowest BCUT2D eigenvalue weighted by Gasteiger charge is -2.17. The Morgan fingerprint density at radius 3 is 2.82 bits per heavy atom. The van der Waals surface area contributed by atoms with Crippen molar-refractivity contribution in [3.05, 3.63) is 24.0 Å². The number of ether oxygens (including phenoxy) is 1. The molecule has 1 aromatic carbocycles. The van der Waals surface area contributed by atoms with Crippen LogP contribution < -0.4 is 11.1 Å². The molecule has 1 aliphatic rings. The van der Waals surface area contributed by atoms with Crippen LogP contribution in [0.5, 0.6) is 0 Å². The van der Waals surface area contributed by atoms with Crippen molar-refractivity contribution in [2.45, 2.75) is 19.3 Å². The molecule has 0 saturated heterocycles. The van der Waals surface area contributed by atoms with Crippen LogP contribution in [-0.4, -0.2) is 20.3 Å². The highest BCUT2D eigenvalue weighted by Crippen LogP contribution is 2.48. The van der Waals surface area contributed by atoms with Crippen LogP contribution in [0.25, 0.3) is 0 Å². The third-order valence-corrected chi connectivity index (χ3v) is 3.46. The van der Waals surface area contributed by atoms with Gasteiger partial charge < -0.3 is 15.8 Å². The summed E-state index contributed by atoms with van der Waals surface area (Å²) in [6.45, 7) is 1.67. The van der Waals surface area contributed by atoms with Crippen molar-refractivity contribution in [3.63, 3.8) is 0 Å². The summed E-state index contributed by atoms with van der Waals surface area (Å²) in [5.74, 6) is -0.298. The van der Waals surface area contributed by atoms with Crippen molar-refractivity contribution in [1.82, 2.24) is 0 Å². The van der Waals surface area contributed by atoms with Crippen molar-refractivity contribution in [2.24, 2.45) is 5.41 Å². The summed E-state index contributed by atoms with van der Waals surface area (Å²) in [4.78, 5) is 0. The quantitative estimate of drug-likeness (QED) is 0.749. The summed E-state index contributed by atoms with van der Waals surface area (Å²) in [6, 6.07) is 4.46. The van der Waals surface area contributed by atoms with E-state index in [9.17, 15) is 4.39 Å². The van der Waals surface area contributed by atoms with Gasteiger partial charge in [-0.15, -0.1) is 0 Å². The Bertz CT molecular complexity index is 391. The van der Waals surface area contributed by atoms with Gasteiger partial charge in [-0.3, -0.25) is 0 Å². The molecule has 0 amide bonds. The second kappa shape index (κ2) is 4.92. The summed E-state index contributed by atoms with van der Waals surface area (Å²) in [5, 5.41) is 3.30. The fourth-order valence-electron chi connectivity index (χ4n) is 1.99. The van der Waals surface area contributed by atoms with Crippen molar-refractivity contribution in [2.75, 3.05) is 31.3 Å². The predicted octanol–water partition coefficient (Wildman–Crippen LogP) is 2.64. The smallest absolute Gasteiger partial charge is 0.125 e. The van der Waals surface area contributed by atoms with E-state index in [1.54, 1.807) is 13.2 Å². The zero-order valence-electron chi connectivity index (χ0n) is 10.1. The average Bonchev–Trinajstić information content (AvgIpc) is 3.06. The van der Waals surface area contributed by atoms with Gasteiger partial charge in [-0.25, -0.2) is 4.39 Å². The number of hydrogen-bond donors (Lipinski definition) is 2. The topological polar surface area (TPSA) is 47.3 Å². The SMILES string of the molecule is COCCC1(CNc2ccc(F)cc2N)CC1. The molecule has 1 saturated carbocycles. The molecule has 0 spiro atoms. The summed E-state index contributed by atoms with van der Waals surface area (Å²) < 4.78 is 18.0. The molecule has 17 heavy (non-hydrogen) atoms. The molecule has 0 unspecified atom stereocenters. The number of benzene rings is 1. The fraction of sp³-hybridized carbons (Fsp3) is 0.538. The first kappa shape index (κ1) is 12.2. The highest BCUT2D eigenvalue weighted by atomic mass is 19.1. The monoisotopic (exact) mass is 238 g/mol. The standard InChI is InChI=1S/C13H19FN2O/c1-17-7-6-13(4-5-13)9-16-12-3-2-10(14)8-11(12)15/h2-3,8,16H,4-7,9,15H2,1H3. The van der Waals surface area contributed by atoms with Crippen LogP contribution in [-0.2, 0) is 4.74 Å². The van der Waals surface area contributed by atoms with Crippen molar-refractivity contribution in [3.8, 4) is 0 Å². The highest BCUT2D eigenvalue weighted by molar-refractivity contribution is 5.65. The Balaban J connectivity index is 1.89. The minimum Gasteiger partial charge on any atom is -0.397 e. The van der Waals surface area contributed by atoms with Gasteiger partial charge in [0.15, 0.2) is 0 Å². The molecule has 0 atom stereocenters. The number of nitrogen functional groups attached to an aromatic ring is 1. The largest absolute Gasteiger partial charge is 0.397 e. The number of methoxy groups -OCH3 is 1. The maximum atomic E-state index is 12.9. The van der Waals surface area contributed by atoms with E-state index in [4.69, 9.17) is 10.5 Å². The van der Waals surface area contributed by atoms with Crippen LogP contribution >= 0.6 is 0 Å². The molecule has 3 N–H and O–H groups in total. The minimum absolute atomic E-state index is 0.298. The molecular weight excluding hydrogens is 219 g/mol. The highest BCUT2D eigenvalue weighted by Gasteiger charge is 2.41. The first-order valence-corrected chi connectivity index (χ1v) is 5.93. The van der Waals surface area contributed by atoms with E-state index in [0.29, 0.717) is 11.1 Å². The molecule has 1 aliphatic carbocycles. The first-order valence-electron chi connectivity index (χ1n) is 5.93. The lowest BCUT2D eigenvalue weighted by molar-refractivity contribution is 0.175. The summed E-state index contributed by atoms with van der Waals surface area (Å²) in [7, 11) is 1.72. The van der Waals surface area contributed by atoms with Crippen LogP contribution in [0, 0.1) is 11.2 Å². The van der Waals surface area contributed by atoms with Gasteiger partial charge in [0.2, 0.25) is 0 Å². The van der Waals surface area contributed by atoms with Crippen molar-refractivity contribution >= 4 is 11.4 Å². The molecule has 0 heterocycles. The van der Waals surface area contributed by atoms with Crippen LogP contribution in [0.3, 0.4) is 0 Å². The van der Waals surface area contributed by atoms with Crippen LogP contribution in [0.15, 0.2) is 18.2 Å². The van der Waals surface area contributed by atoms with Crippen LogP contribution in [0.4, 0.5) is 15.8 Å². The van der Waals surface area contributed by atoms with Crippen LogP contribution in [0.1, 0.15) is 19.3 Å². The van der Waals surface area contributed by atoms with Gasteiger partial charge >= 0.3 is 0 Å². The number of nitrogens with one attached hydrogen (secondary N) is 1. The maximum Gasteiger partial charge on any atom is 0.125 e. The number of hydrogen-bond acceptors (Lipinski definition) is 3. The van der Waals surface area contributed by atoms with Gasteiger partial charge in [0.1, 0.15) is 5.82 Å². The van der Waals surface area contributed by atoms with Gasteiger partial charge in [-0.2, -0.15) is 0 Å². The van der Waals surface area contributed by atoms with E-state index in [0.717, 1.165) is 25.3 Å². The van der Waals surface area contributed by atoms with Gasteiger partial charge in [-0.05, 0) is 42.9 Å². The van der Waals surface area contributed by atoms with Gasteiger partial charge in [0, 0.05) is 20.3 Å². The molecular formula is C13H19FN2O. The van der Waals surface area contributed by atoms with Gasteiger partial charge in [0.25, 0.3) is 0 Å². The summed E-state index contributed by atoms with van der Waals surface area (Å²) in [5.41, 5.74) is 7.38. The fourth-order valence-corrected chi connectivity index (χ4v) is 1.99. The molecule has 0 radical (unpaired) electrons. The molecule has 0 aromatic heterocycles. The second-order valence-electron chi connectivity index (χ2n) is 4.83. The Kier molecular flexibility index (Phi) is 3.52. The normalized spacial score (nSPS) is 16.8. The van der Waals surface area contributed by atoms with Crippen molar-refractivity contribution < 1.29 is 9.13 Å². The van der Waals surface area contributed by atoms with Gasteiger partial charge in [-0.1, -0.05) is 0 Å². The minimum atomic E-state index is -0.298. The Morgan fingerprint density at radius 1 is 1.47 bits per heavy atom. The number of halogens is 1. The first-order chi connectivity index (χ1) is 8.15. The van der Waals surface area contributed by atoms with Crippen molar-refractivity contribution in [1.29, 1.82) is 0 Å². The zero-order chi connectivity index (χ0) is 12.3. The molecule has 94 valence electrons. The second-order valence-corrected chi connectivity index (χ2v) is 4.83. The zero-order valence-corrected chi connectivity index (χ0v) is 10.1. The lowest BCUT2D eigenvalue weighted by Crippen LogP contribution is -2.17. The molecule has 1 fully saturated rings. The van der Waals surface area contributed by atoms with E-state index in [1.165, 1.54) is 25.0 Å². The predicted molar refractivity (Wildman–Crippen MR) is 67.5 cm³/mol. The molecule has 0 bridgehead atoms. The van der Waals surface area contributed by atoms with E-state index in [2.05, 4.69) is 5.32 Å². The summed E-state index contributed by atoms with van der Waals surface area (Å²) >= 11 is 0. The Hall–Kier alpha value is -1.29. The number of anilines is 2. The van der Waals surface area contributed by atoms with Gasteiger partial charge in [0.05, 0.1) is 11.4 Å². The maximum absolute atomic E-state index is 12.9. The summed E-state index contributed by atoms with van der Waals surface area (Å²) in [6.07, 6.45) is 3.52. The Morgan fingerprint density at radius 2 is 2.24 bits per heavy atom. The average molecular weight is 238 g/mol. The van der Waals surface area contributed by atoms with E-state index >= 15 is 0 Å². The third-order valence-electron chi connectivity index (χ3n) is 3.46. The van der Waals surface area contributed by atoms with E-state index in [1.807, 2.05) is 0 Å². The molecule has 3 nitrogen and oxygen atoms in total. The molecule has 0 aliphatic heterocycles.